The number of hydrogen-bond acceptors (Lipinski definition) is 7. The van der Waals surface area contributed by atoms with Crippen molar-refractivity contribution in [3.05, 3.63) is 171 Å². The molecule has 260 valence electrons. The number of hydrazone groups is 1. The summed E-state index contributed by atoms with van der Waals surface area (Å²) in [6.45, 7) is 1.92. The number of aromatic nitrogens is 2. The minimum Gasteiger partial charge on any atom is -0.493 e. The van der Waals surface area contributed by atoms with E-state index < -0.39 is 0 Å². The molecule has 8 nitrogen and oxygen atoms in total. The Morgan fingerprint density at radius 2 is 1.45 bits per heavy atom. The number of para-hydroxylation sites is 5. The zero-order valence-corrected chi connectivity index (χ0v) is 30.7. The number of ether oxygens (including phenoxy) is 1. The molecule has 0 bridgehead atoms. The first-order valence-electron chi connectivity index (χ1n) is 17.1. The van der Waals surface area contributed by atoms with E-state index in [-0.39, 0.29) is 21.1 Å². The fourth-order valence-electron chi connectivity index (χ4n) is 7.12. The van der Waals surface area contributed by atoms with Gasteiger partial charge >= 0.3 is 0 Å². The summed E-state index contributed by atoms with van der Waals surface area (Å²) < 4.78 is 9.06. The van der Waals surface area contributed by atoms with Crippen molar-refractivity contribution < 1.29 is 25.8 Å². The molecule has 2 aliphatic rings. The molecule has 0 amide bonds. The molecule has 0 atom stereocenters. The average Bonchev–Trinajstić information content (AvgIpc) is 3.79. The Kier molecular flexibility index (Phi) is 8.17. The molecule has 0 aliphatic carbocycles. The number of hydrogen-bond donors (Lipinski definition) is 0. The van der Waals surface area contributed by atoms with E-state index in [1.807, 2.05) is 84.4 Å². The molecule has 0 unspecified atom stereocenters. The van der Waals surface area contributed by atoms with Gasteiger partial charge in [-0.05, 0) is 67.0 Å². The predicted octanol–water partition coefficient (Wildman–Crippen LogP) is 10.6. The van der Waals surface area contributed by atoms with E-state index in [2.05, 4.69) is 123 Å². The molecule has 0 fully saturated rings. The van der Waals surface area contributed by atoms with Gasteiger partial charge in [0.2, 0.25) is 0 Å². The van der Waals surface area contributed by atoms with Crippen molar-refractivity contribution in [1.29, 1.82) is 0 Å². The van der Waals surface area contributed by atoms with Gasteiger partial charge < -0.3 is 29.0 Å². The summed E-state index contributed by atoms with van der Waals surface area (Å²) in [4.78, 5) is 11.1. The number of anilines is 7. The predicted molar refractivity (Wildman–Crippen MR) is 209 cm³/mol. The number of rotatable bonds is 6. The molecule has 6 aromatic carbocycles. The van der Waals surface area contributed by atoms with Gasteiger partial charge in [0.15, 0.2) is 11.5 Å². The summed E-state index contributed by atoms with van der Waals surface area (Å²) in [6.07, 6.45) is 3.60. The van der Waals surface area contributed by atoms with Crippen LogP contribution in [0.1, 0.15) is 0 Å². The van der Waals surface area contributed by atoms with Gasteiger partial charge in [-0.1, -0.05) is 83.2 Å². The van der Waals surface area contributed by atoms with E-state index in [1.54, 1.807) is 6.34 Å². The molecular formula is C44H30N7OPt-3. The van der Waals surface area contributed by atoms with Gasteiger partial charge in [-0.15, -0.1) is 42.4 Å². The zero-order chi connectivity index (χ0) is 34.6. The van der Waals surface area contributed by atoms with Crippen molar-refractivity contribution in [2.24, 2.45) is 5.10 Å². The minimum absolute atomic E-state index is 0. The van der Waals surface area contributed by atoms with Gasteiger partial charge in [0.25, 0.3) is 0 Å². The summed E-state index contributed by atoms with van der Waals surface area (Å²) >= 11 is 0. The van der Waals surface area contributed by atoms with Crippen LogP contribution >= 0.6 is 0 Å². The molecular weight excluding hydrogens is 838 g/mol. The number of nitrogens with zero attached hydrogens (tertiary/aromatic N) is 7. The Labute approximate surface area is 321 Å². The summed E-state index contributed by atoms with van der Waals surface area (Å²) in [6, 6.07) is 57.1. The monoisotopic (exact) mass is 867 g/mol. The van der Waals surface area contributed by atoms with E-state index >= 15 is 0 Å². The van der Waals surface area contributed by atoms with Crippen molar-refractivity contribution in [1.82, 2.24) is 14.5 Å². The van der Waals surface area contributed by atoms with Crippen molar-refractivity contribution in [2.45, 2.75) is 0 Å². The standard InChI is InChI=1S/C44H30N7O.Pt/c1-47-29-46-48(30-47)32-15-11-16-33(27-32)49(34-24-25-36-35-17-5-6-18-37(35)51(41(36)28-34)43-23-9-10-26-45-43)39-20-12-21-40-44(39)52-42-22-8-7-19-38(42)50(40)31-13-3-2-4-14-31;/h2-26,29-30H,1H3;/q-3;. The van der Waals surface area contributed by atoms with Crippen LogP contribution in [0.4, 0.5) is 39.8 Å². The summed E-state index contributed by atoms with van der Waals surface area (Å²) in [5.74, 6) is 2.31. The molecule has 0 radical (unpaired) electrons. The fourth-order valence-corrected chi connectivity index (χ4v) is 7.12. The molecule has 9 heteroatoms. The Morgan fingerprint density at radius 3 is 2.30 bits per heavy atom. The topological polar surface area (TPSA) is 52.4 Å². The second-order valence-corrected chi connectivity index (χ2v) is 12.6. The summed E-state index contributed by atoms with van der Waals surface area (Å²) in [5.41, 5.74) is 8.16. The second-order valence-electron chi connectivity index (χ2n) is 12.6. The van der Waals surface area contributed by atoms with Crippen LogP contribution in [0.25, 0.3) is 27.6 Å². The normalized spacial score (nSPS) is 13.1. The maximum Gasteiger partial charge on any atom is 0.175 e. The molecule has 10 rings (SSSR count). The van der Waals surface area contributed by atoms with Crippen LogP contribution in [-0.4, -0.2) is 27.8 Å². The quantitative estimate of drug-likeness (QED) is 0.155. The molecule has 8 aromatic rings. The molecule has 0 spiro atoms. The van der Waals surface area contributed by atoms with E-state index in [0.717, 1.165) is 73.2 Å². The first-order valence-corrected chi connectivity index (χ1v) is 17.1. The van der Waals surface area contributed by atoms with Gasteiger partial charge in [-0.3, -0.25) is 0 Å². The van der Waals surface area contributed by atoms with Crippen molar-refractivity contribution in [3.8, 4) is 17.3 Å². The molecule has 0 saturated heterocycles. The number of pyridine rings is 1. The van der Waals surface area contributed by atoms with Crippen molar-refractivity contribution in [2.75, 3.05) is 21.9 Å². The smallest absolute Gasteiger partial charge is 0.175 e. The van der Waals surface area contributed by atoms with Crippen LogP contribution in [0.2, 0.25) is 0 Å². The van der Waals surface area contributed by atoms with Crippen LogP contribution in [0.15, 0.2) is 157 Å². The van der Waals surface area contributed by atoms with Gasteiger partial charge in [0.1, 0.15) is 5.82 Å². The average molecular weight is 868 g/mol. The Balaban J connectivity index is 0.00000372. The largest absolute Gasteiger partial charge is 0.493 e. The molecule has 0 N–H and O–H groups in total. The van der Waals surface area contributed by atoms with E-state index in [9.17, 15) is 0 Å². The van der Waals surface area contributed by atoms with Crippen LogP contribution in [0, 0.1) is 18.8 Å². The molecule has 53 heavy (non-hydrogen) atoms. The third-order valence-corrected chi connectivity index (χ3v) is 9.38. The molecule has 0 saturated carbocycles. The number of benzene rings is 6. The molecule has 2 aromatic heterocycles. The first-order chi connectivity index (χ1) is 25.7. The Bertz CT molecular complexity index is 2640. The minimum atomic E-state index is 0. The Hall–Kier alpha value is -6.37. The number of fused-ring (bicyclic) bond motifs is 5. The maximum atomic E-state index is 6.88. The SMILES string of the molecule is CN1C=NN(c2[c-]c(N(c3[c-]c4c(cc3)c3ccccc3n4-c3ccccn3)c3cccc4c3Oc3ccccc3N4c3ccccc3)ccc2)[CH-]1.[Pt]. The van der Waals surface area contributed by atoms with E-state index in [0.29, 0.717) is 5.75 Å². The third-order valence-electron chi connectivity index (χ3n) is 9.38. The van der Waals surface area contributed by atoms with Gasteiger partial charge in [-0.2, -0.15) is 17.2 Å². The van der Waals surface area contributed by atoms with Crippen LogP contribution in [-0.2, 0) is 21.1 Å². The van der Waals surface area contributed by atoms with Crippen molar-refractivity contribution >= 4 is 68.0 Å². The van der Waals surface area contributed by atoms with Gasteiger partial charge in [0, 0.05) is 38.5 Å². The molecule has 2 aliphatic heterocycles. The Morgan fingerprint density at radius 1 is 0.679 bits per heavy atom. The third kappa shape index (κ3) is 5.50. The first kappa shape index (κ1) is 32.5. The van der Waals surface area contributed by atoms with Crippen LogP contribution in [0.3, 0.4) is 0 Å². The summed E-state index contributed by atoms with van der Waals surface area (Å²) in [5, 5.41) is 8.60. The van der Waals surface area contributed by atoms with Crippen molar-refractivity contribution in [3.63, 3.8) is 0 Å². The maximum absolute atomic E-state index is 6.88. The van der Waals surface area contributed by atoms with Gasteiger partial charge in [0.05, 0.1) is 23.4 Å². The van der Waals surface area contributed by atoms with Gasteiger partial charge in [-0.25, -0.2) is 4.98 Å². The zero-order valence-electron chi connectivity index (χ0n) is 28.4. The second kappa shape index (κ2) is 13.3. The van der Waals surface area contributed by atoms with Crippen LogP contribution in [0.5, 0.6) is 11.5 Å². The fraction of sp³-hybridized carbons (Fsp3) is 0.0227. The molecule has 4 heterocycles. The van der Waals surface area contributed by atoms with E-state index in [4.69, 9.17) is 9.72 Å². The van der Waals surface area contributed by atoms with Crippen LogP contribution < -0.4 is 19.5 Å². The van der Waals surface area contributed by atoms with E-state index in [1.165, 1.54) is 0 Å². The summed E-state index contributed by atoms with van der Waals surface area (Å²) in [7, 11) is 1.95.